The Balaban J connectivity index is 2.53. The summed E-state index contributed by atoms with van der Waals surface area (Å²) < 4.78 is 5.35. The molecule has 72 valence electrons. The van der Waals surface area contributed by atoms with Crippen LogP contribution in [0.4, 0.5) is 0 Å². The van der Waals surface area contributed by atoms with Gasteiger partial charge in [0.25, 0.3) is 0 Å². The topological polar surface area (TPSA) is 49.7 Å². The molecule has 1 heterocycles. The molecule has 0 spiro atoms. The molecule has 1 rings (SSSR count). The maximum atomic E-state index is 9.62. The van der Waals surface area contributed by atoms with Crippen molar-refractivity contribution in [1.29, 1.82) is 0 Å². The summed E-state index contributed by atoms with van der Waals surface area (Å²) in [6.07, 6.45) is -0.0247. The number of ether oxygens (including phenoxy) is 1. The molecule has 4 heteroatoms. The first kappa shape index (κ1) is 10.3. The number of hydrogen-bond acceptors (Lipinski definition) is 4. The van der Waals surface area contributed by atoms with Crippen LogP contribution < -0.4 is 0 Å². The van der Waals surface area contributed by atoms with Gasteiger partial charge in [0.15, 0.2) is 0 Å². The van der Waals surface area contributed by atoms with Gasteiger partial charge < -0.3 is 14.9 Å². The van der Waals surface area contributed by atoms with Crippen molar-refractivity contribution in [2.24, 2.45) is 5.92 Å². The first-order valence-electron chi connectivity index (χ1n) is 4.26. The van der Waals surface area contributed by atoms with Crippen molar-refractivity contribution in [2.75, 3.05) is 12.4 Å². The standard InChI is InChI=1S/C8H16O3S/c1-5-8(10)6(2-3-12)7(4-9)11-5/h5-10,12H,2-4H2,1H3/t5?,6?,7-,8-/m1/s1. The molecule has 0 aromatic heterocycles. The van der Waals surface area contributed by atoms with E-state index in [1.54, 1.807) is 0 Å². The fraction of sp³-hybridized carbons (Fsp3) is 1.00. The molecule has 2 unspecified atom stereocenters. The second kappa shape index (κ2) is 4.46. The Labute approximate surface area is 78.1 Å². The van der Waals surface area contributed by atoms with E-state index in [1.165, 1.54) is 0 Å². The zero-order chi connectivity index (χ0) is 9.14. The van der Waals surface area contributed by atoms with Crippen LogP contribution in [0.25, 0.3) is 0 Å². The predicted molar refractivity (Wildman–Crippen MR) is 49.4 cm³/mol. The van der Waals surface area contributed by atoms with Gasteiger partial charge in [-0.25, -0.2) is 0 Å². The Kier molecular flexibility index (Phi) is 3.83. The van der Waals surface area contributed by atoms with Gasteiger partial charge >= 0.3 is 0 Å². The molecule has 2 N–H and O–H groups in total. The third-order valence-corrected chi connectivity index (χ3v) is 2.69. The molecule has 0 radical (unpaired) electrons. The fourth-order valence-electron chi connectivity index (χ4n) is 1.71. The van der Waals surface area contributed by atoms with Gasteiger partial charge in [-0.2, -0.15) is 12.6 Å². The van der Waals surface area contributed by atoms with Crippen LogP contribution in [0.5, 0.6) is 0 Å². The van der Waals surface area contributed by atoms with E-state index in [0.29, 0.717) is 5.75 Å². The van der Waals surface area contributed by atoms with Crippen LogP contribution in [0.2, 0.25) is 0 Å². The van der Waals surface area contributed by atoms with E-state index >= 15 is 0 Å². The van der Waals surface area contributed by atoms with Gasteiger partial charge in [0, 0.05) is 5.92 Å². The third-order valence-electron chi connectivity index (χ3n) is 2.43. The summed E-state index contributed by atoms with van der Waals surface area (Å²) in [5.74, 6) is 0.761. The first-order valence-corrected chi connectivity index (χ1v) is 4.89. The number of hydrogen-bond donors (Lipinski definition) is 3. The Morgan fingerprint density at radius 1 is 1.50 bits per heavy atom. The van der Waals surface area contributed by atoms with Crippen LogP contribution in [-0.2, 0) is 4.74 Å². The van der Waals surface area contributed by atoms with Crippen LogP contribution in [-0.4, -0.2) is 40.9 Å². The summed E-state index contributed by atoms with van der Waals surface area (Å²) in [6, 6.07) is 0. The van der Waals surface area contributed by atoms with Gasteiger partial charge in [0.2, 0.25) is 0 Å². The molecule has 1 fully saturated rings. The molecule has 0 aliphatic carbocycles. The minimum Gasteiger partial charge on any atom is -0.394 e. The lowest BCUT2D eigenvalue weighted by molar-refractivity contribution is -0.00241. The average molecular weight is 192 g/mol. The SMILES string of the molecule is CC1O[C@H](CO)C(CCS)[C@@H]1O. The summed E-state index contributed by atoms with van der Waals surface area (Å²) in [5, 5.41) is 18.6. The molecule has 0 amide bonds. The molecular formula is C8H16O3S. The van der Waals surface area contributed by atoms with E-state index in [9.17, 15) is 5.11 Å². The monoisotopic (exact) mass is 192 g/mol. The van der Waals surface area contributed by atoms with Gasteiger partial charge in [0.05, 0.1) is 24.9 Å². The number of aliphatic hydroxyl groups is 2. The van der Waals surface area contributed by atoms with Crippen LogP contribution in [0.3, 0.4) is 0 Å². The highest BCUT2D eigenvalue weighted by atomic mass is 32.1. The molecule has 3 nitrogen and oxygen atoms in total. The van der Waals surface area contributed by atoms with E-state index in [-0.39, 0.29) is 24.7 Å². The quantitative estimate of drug-likeness (QED) is 0.554. The van der Waals surface area contributed by atoms with Crippen LogP contribution >= 0.6 is 12.6 Å². The van der Waals surface area contributed by atoms with E-state index in [1.807, 2.05) is 6.92 Å². The minimum atomic E-state index is -0.450. The molecule has 1 aliphatic heterocycles. The lowest BCUT2D eigenvalue weighted by Crippen LogP contribution is -2.28. The van der Waals surface area contributed by atoms with Gasteiger partial charge in [-0.05, 0) is 19.1 Å². The Hall–Kier alpha value is 0.230. The predicted octanol–water partition coefficient (Wildman–Crippen LogP) is 0.0630. The first-order chi connectivity index (χ1) is 5.70. The van der Waals surface area contributed by atoms with E-state index in [2.05, 4.69) is 12.6 Å². The Morgan fingerprint density at radius 3 is 2.67 bits per heavy atom. The number of aliphatic hydroxyl groups excluding tert-OH is 2. The molecule has 1 saturated heterocycles. The molecule has 4 atom stereocenters. The Bertz CT molecular complexity index is 142. The van der Waals surface area contributed by atoms with Crippen molar-refractivity contribution in [3.05, 3.63) is 0 Å². The summed E-state index contributed by atoms with van der Waals surface area (Å²) >= 11 is 4.10. The lowest BCUT2D eigenvalue weighted by Gasteiger charge is -2.16. The highest BCUT2D eigenvalue weighted by Gasteiger charge is 2.39. The van der Waals surface area contributed by atoms with Gasteiger partial charge in [-0.1, -0.05) is 0 Å². The second-order valence-electron chi connectivity index (χ2n) is 3.23. The Morgan fingerprint density at radius 2 is 2.17 bits per heavy atom. The van der Waals surface area contributed by atoms with E-state index < -0.39 is 6.10 Å². The maximum Gasteiger partial charge on any atom is 0.0864 e. The van der Waals surface area contributed by atoms with Crippen molar-refractivity contribution in [2.45, 2.75) is 31.7 Å². The number of thiol groups is 1. The summed E-state index contributed by atoms with van der Waals surface area (Å²) in [5.41, 5.74) is 0. The van der Waals surface area contributed by atoms with Gasteiger partial charge in [-0.15, -0.1) is 0 Å². The highest BCUT2D eigenvalue weighted by molar-refractivity contribution is 7.80. The number of rotatable bonds is 3. The molecule has 1 aliphatic rings. The van der Waals surface area contributed by atoms with E-state index in [0.717, 1.165) is 6.42 Å². The minimum absolute atomic E-state index is 0.0140. The van der Waals surface area contributed by atoms with E-state index in [4.69, 9.17) is 9.84 Å². The smallest absolute Gasteiger partial charge is 0.0864 e. The van der Waals surface area contributed by atoms with Crippen LogP contribution in [0.1, 0.15) is 13.3 Å². The zero-order valence-corrected chi connectivity index (χ0v) is 8.08. The van der Waals surface area contributed by atoms with Crippen molar-refractivity contribution < 1.29 is 14.9 Å². The fourth-order valence-corrected chi connectivity index (χ4v) is 2.01. The van der Waals surface area contributed by atoms with Crippen molar-refractivity contribution >= 4 is 12.6 Å². The average Bonchev–Trinajstić information content (AvgIpc) is 2.33. The molecule has 12 heavy (non-hydrogen) atoms. The zero-order valence-electron chi connectivity index (χ0n) is 7.18. The normalized spacial score (nSPS) is 42.0. The van der Waals surface area contributed by atoms with Crippen molar-refractivity contribution in [3.63, 3.8) is 0 Å². The summed E-state index contributed by atoms with van der Waals surface area (Å²) in [7, 11) is 0. The van der Waals surface area contributed by atoms with Crippen LogP contribution in [0, 0.1) is 5.92 Å². The largest absolute Gasteiger partial charge is 0.394 e. The maximum absolute atomic E-state index is 9.62. The van der Waals surface area contributed by atoms with Crippen LogP contribution in [0.15, 0.2) is 0 Å². The van der Waals surface area contributed by atoms with Crippen molar-refractivity contribution in [1.82, 2.24) is 0 Å². The third kappa shape index (κ3) is 1.93. The highest BCUT2D eigenvalue weighted by Crippen LogP contribution is 2.29. The molecule has 0 bridgehead atoms. The molecule has 0 saturated carbocycles. The van der Waals surface area contributed by atoms with Gasteiger partial charge in [0.1, 0.15) is 0 Å². The second-order valence-corrected chi connectivity index (χ2v) is 3.68. The molecule has 0 aromatic rings. The lowest BCUT2D eigenvalue weighted by atomic mass is 9.94. The summed E-state index contributed by atoms with van der Waals surface area (Å²) in [6.45, 7) is 1.81. The molecule has 0 aromatic carbocycles. The molecular weight excluding hydrogens is 176 g/mol. The summed E-state index contributed by atoms with van der Waals surface area (Å²) in [4.78, 5) is 0. The van der Waals surface area contributed by atoms with Gasteiger partial charge in [-0.3, -0.25) is 0 Å². The van der Waals surface area contributed by atoms with Crippen molar-refractivity contribution in [3.8, 4) is 0 Å².